The molecule has 0 spiro atoms. The van der Waals surface area contributed by atoms with Crippen molar-refractivity contribution in [2.24, 2.45) is 0 Å². The van der Waals surface area contributed by atoms with E-state index in [1.807, 2.05) is 18.2 Å². The number of ether oxygens (including phenoxy) is 1. The fourth-order valence-electron chi connectivity index (χ4n) is 2.19. The molecule has 0 unspecified atom stereocenters. The molecule has 1 aliphatic rings. The molecule has 1 aromatic carbocycles. The molecule has 1 atom stereocenters. The zero-order chi connectivity index (χ0) is 14.8. The van der Waals surface area contributed by atoms with Crippen molar-refractivity contribution in [2.75, 3.05) is 18.1 Å². The molecule has 2 rings (SSSR count). The van der Waals surface area contributed by atoms with Gasteiger partial charge in [0, 0.05) is 0 Å². The molecule has 110 valence electrons. The maximum absolute atomic E-state index is 11.9. The van der Waals surface area contributed by atoms with Crippen LogP contribution in [0.2, 0.25) is 0 Å². The van der Waals surface area contributed by atoms with Crippen LogP contribution in [0.4, 0.5) is 0 Å². The summed E-state index contributed by atoms with van der Waals surface area (Å²) in [6.07, 6.45) is 0.441. The third-order valence-electron chi connectivity index (χ3n) is 3.14. The van der Waals surface area contributed by atoms with Gasteiger partial charge in [-0.3, -0.25) is 4.79 Å². The standard InChI is InChI=1S/C13H16BrNO4S/c1-13(6-7-20(17,18)9-13)15-12(16)8-19-11-5-3-2-4-10(11)14/h2-5H,6-9H2,1H3,(H,15,16)/t13-/m1/s1. The predicted octanol–water partition coefficient (Wildman–Crippen LogP) is 1.52. The van der Waals surface area contributed by atoms with Gasteiger partial charge in [-0.2, -0.15) is 0 Å². The summed E-state index contributed by atoms with van der Waals surface area (Å²) in [6.45, 7) is 1.60. The summed E-state index contributed by atoms with van der Waals surface area (Å²) in [7, 11) is -3.04. The van der Waals surface area contributed by atoms with E-state index in [0.29, 0.717) is 12.2 Å². The smallest absolute Gasteiger partial charge is 0.258 e. The number of hydrogen-bond acceptors (Lipinski definition) is 4. The molecule has 1 heterocycles. The van der Waals surface area contributed by atoms with E-state index in [2.05, 4.69) is 21.2 Å². The highest BCUT2D eigenvalue weighted by Gasteiger charge is 2.39. The number of halogens is 1. The van der Waals surface area contributed by atoms with Gasteiger partial charge in [-0.25, -0.2) is 8.42 Å². The number of para-hydroxylation sites is 1. The molecule has 1 aromatic rings. The van der Waals surface area contributed by atoms with Crippen LogP contribution in [0.5, 0.6) is 5.75 Å². The van der Waals surface area contributed by atoms with Crippen LogP contribution >= 0.6 is 15.9 Å². The van der Waals surface area contributed by atoms with E-state index >= 15 is 0 Å². The number of rotatable bonds is 4. The van der Waals surface area contributed by atoms with E-state index in [1.54, 1.807) is 13.0 Å². The topological polar surface area (TPSA) is 72.5 Å². The first-order valence-electron chi connectivity index (χ1n) is 6.18. The van der Waals surface area contributed by atoms with E-state index in [4.69, 9.17) is 4.74 Å². The Morgan fingerprint density at radius 2 is 2.15 bits per heavy atom. The van der Waals surface area contributed by atoms with Crippen LogP contribution < -0.4 is 10.1 Å². The van der Waals surface area contributed by atoms with Crippen LogP contribution in [-0.2, 0) is 14.6 Å². The van der Waals surface area contributed by atoms with E-state index < -0.39 is 15.4 Å². The molecule has 5 nitrogen and oxygen atoms in total. The Kier molecular flexibility index (Phi) is 4.39. The number of nitrogens with one attached hydrogen (secondary N) is 1. The zero-order valence-corrected chi connectivity index (χ0v) is 13.5. The van der Waals surface area contributed by atoms with Gasteiger partial charge >= 0.3 is 0 Å². The average molecular weight is 362 g/mol. The Balaban J connectivity index is 1.89. The Labute approximate surface area is 126 Å². The molecule has 1 aliphatic heterocycles. The molecular formula is C13H16BrNO4S. The largest absolute Gasteiger partial charge is 0.483 e. The van der Waals surface area contributed by atoms with Crippen molar-refractivity contribution >= 4 is 31.7 Å². The Morgan fingerprint density at radius 3 is 2.75 bits per heavy atom. The van der Waals surface area contributed by atoms with Crippen LogP contribution in [0.3, 0.4) is 0 Å². The first kappa shape index (κ1) is 15.3. The zero-order valence-electron chi connectivity index (χ0n) is 11.1. The molecule has 20 heavy (non-hydrogen) atoms. The lowest BCUT2D eigenvalue weighted by Crippen LogP contribution is -2.48. The Hall–Kier alpha value is -1.08. The first-order chi connectivity index (χ1) is 9.30. The van der Waals surface area contributed by atoms with Crippen molar-refractivity contribution in [3.05, 3.63) is 28.7 Å². The molecule has 1 amide bonds. The second-order valence-corrected chi connectivity index (χ2v) is 8.21. The lowest BCUT2D eigenvalue weighted by Gasteiger charge is -2.23. The van der Waals surface area contributed by atoms with Gasteiger partial charge in [-0.1, -0.05) is 12.1 Å². The highest BCUT2D eigenvalue weighted by molar-refractivity contribution is 9.10. The van der Waals surface area contributed by atoms with Crippen molar-refractivity contribution in [3.8, 4) is 5.75 Å². The van der Waals surface area contributed by atoms with E-state index in [-0.39, 0.29) is 24.0 Å². The summed E-state index contributed by atoms with van der Waals surface area (Å²) in [5.41, 5.74) is -0.687. The molecule has 0 bridgehead atoms. The minimum Gasteiger partial charge on any atom is -0.483 e. The summed E-state index contributed by atoms with van der Waals surface area (Å²) in [5.74, 6) is 0.363. The van der Waals surface area contributed by atoms with E-state index in [0.717, 1.165) is 4.47 Å². The SMILES string of the molecule is C[C@@]1(NC(=O)COc2ccccc2Br)CCS(=O)(=O)C1. The van der Waals surface area contributed by atoms with Crippen molar-refractivity contribution in [1.29, 1.82) is 0 Å². The van der Waals surface area contributed by atoms with Gasteiger partial charge in [0.05, 0.1) is 21.5 Å². The molecule has 1 N–H and O–H groups in total. The van der Waals surface area contributed by atoms with Crippen LogP contribution in [0.25, 0.3) is 0 Å². The Morgan fingerprint density at radius 1 is 1.45 bits per heavy atom. The molecular weight excluding hydrogens is 346 g/mol. The maximum atomic E-state index is 11.9. The first-order valence-corrected chi connectivity index (χ1v) is 8.80. The number of carbonyl (C=O) groups is 1. The van der Waals surface area contributed by atoms with Gasteiger partial charge in [-0.15, -0.1) is 0 Å². The molecule has 0 radical (unpaired) electrons. The predicted molar refractivity (Wildman–Crippen MR) is 79.5 cm³/mol. The minimum absolute atomic E-state index is 0.0131. The molecule has 7 heteroatoms. The summed E-state index contributed by atoms with van der Waals surface area (Å²) < 4.78 is 29.1. The normalized spacial score (nSPS) is 24.3. The fourth-order valence-corrected chi connectivity index (χ4v) is 4.68. The van der Waals surface area contributed by atoms with E-state index in [9.17, 15) is 13.2 Å². The van der Waals surface area contributed by atoms with Gasteiger partial charge in [0.2, 0.25) is 0 Å². The molecule has 1 fully saturated rings. The van der Waals surface area contributed by atoms with Gasteiger partial charge in [0.1, 0.15) is 5.75 Å². The molecule has 0 saturated carbocycles. The van der Waals surface area contributed by atoms with Crippen LogP contribution in [0.1, 0.15) is 13.3 Å². The number of amides is 1. The van der Waals surface area contributed by atoms with Gasteiger partial charge in [0.25, 0.3) is 5.91 Å². The number of carbonyl (C=O) groups excluding carboxylic acids is 1. The highest BCUT2D eigenvalue weighted by atomic mass is 79.9. The molecule has 1 saturated heterocycles. The lowest BCUT2D eigenvalue weighted by molar-refractivity contribution is -0.124. The Bertz CT molecular complexity index is 617. The van der Waals surface area contributed by atoms with Gasteiger partial charge in [-0.05, 0) is 41.4 Å². The van der Waals surface area contributed by atoms with Crippen LogP contribution in [0.15, 0.2) is 28.7 Å². The van der Waals surface area contributed by atoms with Crippen LogP contribution in [-0.4, -0.2) is 38.0 Å². The highest BCUT2D eigenvalue weighted by Crippen LogP contribution is 2.24. The second kappa shape index (κ2) is 5.73. The summed E-state index contributed by atoms with van der Waals surface area (Å²) in [6, 6.07) is 7.22. The fraction of sp³-hybridized carbons (Fsp3) is 0.462. The summed E-state index contributed by atoms with van der Waals surface area (Å²) in [4.78, 5) is 11.9. The number of benzene rings is 1. The van der Waals surface area contributed by atoms with Crippen molar-refractivity contribution < 1.29 is 17.9 Å². The van der Waals surface area contributed by atoms with Crippen LogP contribution in [0, 0.1) is 0 Å². The molecule has 0 aromatic heterocycles. The maximum Gasteiger partial charge on any atom is 0.258 e. The number of sulfone groups is 1. The van der Waals surface area contributed by atoms with Gasteiger partial charge in [0.15, 0.2) is 16.4 Å². The van der Waals surface area contributed by atoms with Gasteiger partial charge < -0.3 is 10.1 Å². The lowest BCUT2D eigenvalue weighted by atomic mass is 10.0. The molecule has 0 aliphatic carbocycles. The average Bonchev–Trinajstić information content (AvgIpc) is 2.62. The van der Waals surface area contributed by atoms with Crippen molar-refractivity contribution in [2.45, 2.75) is 18.9 Å². The summed E-state index contributed by atoms with van der Waals surface area (Å²) in [5, 5.41) is 2.74. The van der Waals surface area contributed by atoms with E-state index in [1.165, 1.54) is 0 Å². The third kappa shape index (κ3) is 3.96. The number of hydrogen-bond donors (Lipinski definition) is 1. The van der Waals surface area contributed by atoms with Crippen molar-refractivity contribution in [3.63, 3.8) is 0 Å². The monoisotopic (exact) mass is 361 g/mol. The van der Waals surface area contributed by atoms with Crippen molar-refractivity contribution in [1.82, 2.24) is 5.32 Å². The quantitative estimate of drug-likeness (QED) is 0.882. The summed E-state index contributed by atoms with van der Waals surface area (Å²) >= 11 is 3.32. The second-order valence-electron chi connectivity index (χ2n) is 5.17. The third-order valence-corrected chi connectivity index (χ3v) is 5.70. The minimum atomic E-state index is -3.04.